The van der Waals surface area contributed by atoms with Gasteiger partial charge in [0.2, 0.25) is 0 Å². The van der Waals surface area contributed by atoms with Gasteiger partial charge in [-0.2, -0.15) is 0 Å². The van der Waals surface area contributed by atoms with E-state index in [-0.39, 0.29) is 11.7 Å². The Hall–Kier alpha value is -3.48. The summed E-state index contributed by atoms with van der Waals surface area (Å²) in [5.74, 6) is -0.349. The summed E-state index contributed by atoms with van der Waals surface area (Å²) < 4.78 is 20.1. The number of nitrogens with zero attached hydrogens (tertiary/aromatic N) is 4. The zero-order valence-corrected chi connectivity index (χ0v) is 14.3. The SMILES string of the molecule is O=C1c2c(-c3ccoc3)ccnc2CN1CCc1cn2cc(F)ccc2n1. The molecule has 0 spiro atoms. The maximum absolute atomic E-state index is 13.3. The monoisotopic (exact) mass is 362 g/mol. The molecule has 0 bridgehead atoms. The molecule has 0 radical (unpaired) electrons. The van der Waals surface area contributed by atoms with Crippen LogP contribution < -0.4 is 0 Å². The lowest BCUT2D eigenvalue weighted by Gasteiger charge is -2.14. The molecule has 5 heterocycles. The molecule has 7 heteroatoms. The minimum Gasteiger partial charge on any atom is -0.472 e. The third kappa shape index (κ3) is 2.68. The number of pyridine rings is 2. The van der Waals surface area contributed by atoms with Crippen LogP contribution in [-0.2, 0) is 13.0 Å². The van der Waals surface area contributed by atoms with Gasteiger partial charge in [0.05, 0.1) is 36.0 Å². The molecule has 0 atom stereocenters. The lowest BCUT2D eigenvalue weighted by atomic mass is 10.0. The normalized spacial score (nSPS) is 13.5. The van der Waals surface area contributed by atoms with Crippen LogP contribution in [-0.4, -0.2) is 31.7 Å². The van der Waals surface area contributed by atoms with E-state index in [0.717, 1.165) is 22.5 Å². The number of halogens is 1. The molecule has 0 saturated heterocycles. The van der Waals surface area contributed by atoms with Crippen LogP contribution in [0, 0.1) is 5.82 Å². The van der Waals surface area contributed by atoms with Crippen molar-refractivity contribution in [3.63, 3.8) is 0 Å². The summed E-state index contributed by atoms with van der Waals surface area (Å²) >= 11 is 0. The zero-order chi connectivity index (χ0) is 18.4. The first kappa shape index (κ1) is 15.7. The van der Waals surface area contributed by atoms with Crippen molar-refractivity contribution in [3.05, 3.63) is 78.2 Å². The molecule has 1 amide bonds. The highest BCUT2D eigenvalue weighted by molar-refractivity contribution is 6.03. The molecule has 1 aliphatic heterocycles. The Balaban J connectivity index is 1.37. The predicted molar refractivity (Wildman–Crippen MR) is 95.5 cm³/mol. The fraction of sp³-hybridized carbons (Fsp3) is 0.150. The molecule has 0 aromatic carbocycles. The van der Waals surface area contributed by atoms with E-state index in [1.807, 2.05) is 12.1 Å². The fourth-order valence-corrected chi connectivity index (χ4v) is 3.50. The zero-order valence-electron chi connectivity index (χ0n) is 14.3. The lowest BCUT2D eigenvalue weighted by Crippen LogP contribution is -2.26. The van der Waals surface area contributed by atoms with E-state index in [0.29, 0.717) is 30.7 Å². The predicted octanol–water partition coefficient (Wildman–Crippen LogP) is 3.33. The van der Waals surface area contributed by atoms with Gasteiger partial charge in [-0.1, -0.05) is 0 Å². The van der Waals surface area contributed by atoms with Gasteiger partial charge in [-0.15, -0.1) is 0 Å². The number of furan rings is 1. The number of fused-ring (bicyclic) bond motifs is 2. The summed E-state index contributed by atoms with van der Waals surface area (Å²) in [6.07, 6.45) is 8.71. The minimum absolute atomic E-state index is 0.0379. The van der Waals surface area contributed by atoms with Crippen LogP contribution in [0.2, 0.25) is 0 Å². The van der Waals surface area contributed by atoms with Crippen LogP contribution in [0.25, 0.3) is 16.8 Å². The van der Waals surface area contributed by atoms with Gasteiger partial charge in [0.15, 0.2) is 0 Å². The topological polar surface area (TPSA) is 63.6 Å². The molecule has 4 aromatic rings. The van der Waals surface area contributed by atoms with Gasteiger partial charge in [-0.25, -0.2) is 9.37 Å². The Kier molecular flexibility index (Phi) is 3.53. The van der Waals surface area contributed by atoms with Gasteiger partial charge in [-0.3, -0.25) is 9.78 Å². The molecule has 27 heavy (non-hydrogen) atoms. The second-order valence-corrected chi connectivity index (χ2v) is 6.51. The van der Waals surface area contributed by atoms with Crippen molar-refractivity contribution >= 4 is 11.6 Å². The molecule has 0 aliphatic carbocycles. The Morgan fingerprint density at radius 3 is 2.96 bits per heavy atom. The highest BCUT2D eigenvalue weighted by Crippen LogP contribution is 2.31. The van der Waals surface area contributed by atoms with E-state index < -0.39 is 0 Å². The molecule has 4 aromatic heterocycles. The van der Waals surface area contributed by atoms with Gasteiger partial charge in [-0.05, 0) is 24.3 Å². The summed E-state index contributed by atoms with van der Waals surface area (Å²) in [6.45, 7) is 0.994. The molecule has 0 unspecified atom stereocenters. The van der Waals surface area contributed by atoms with Gasteiger partial charge < -0.3 is 13.7 Å². The quantitative estimate of drug-likeness (QED) is 0.559. The summed E-state index contributed by atoms with van der Waals surface area (Å²) in [5, 5.41) is 0. The molecule has 6 nitrogen and oxygen atoms in total. The maximum Gasteiger partial charge on any atom is 0.256 e. The van der Waals surface area contributed by atoms with Crippen molar-refractivity contribution in [1.29, 1.82) is 0 Å². The molecule has 0 fully saturated rings. The van der Waals surface area contributed by atoms with E-state index in [4.69, 9.17) is 4.42 Å². The van der Waals surface area contributed by atoms with Crippen LogP contribution in [0.15, 0.2) is 59.8 Å². The minimum atomic E-state index is -0.311. The number of aromatic nitrogens is 3. The van der Waals surface area contributed by atoms with Crippen molar-refractivity contribution in [2.24, 2.45) is 0 Å². The van der Waals surface area contributed by atoms with Gasteiger partial charge >= 0.3 is 0 Å². The van der Waals surface area contributed by atoms with Crippen LogP contribution in [0.3, 0.4) is 0 Å². The van der Waals surface area contributed by atoms with Crippen molar-refractivity contribution in [3.8, 4) is 11.1 Å². The summed E-state index contributed by atoms with van der Waals surface area (Å²) in [5.41, 5.74) is 4.61. The van der Waals surface area contributed by atoms with E-state index in [2.05, 4.69) is 9.97 Å². The summed E-state index contributed by atoms with van der Waals surface area (Å²) in [4.78, 5) is 23.6. The maximum atomic E-state index is 13.3. The number of imidazole rings is 1. The smallest absolute Gasteiger partial charge is 0.256 e. The Morgan fingerprint density at radius 1 is 1.19 bits per heavy atom. The van der Waals surface area contributed by atoms with E-state index in [9.17, 15) is 9.18 Å². The Labute approximate surface area is 153 Å². The van der Waals surface area contributed by atoms with Crippen LogP contribution in [0.4, 0.5) is 4.39 Å². The van der Waals surface area contributed by atoms with Crippen molar-refractivity contribution < 1.29 is 13.6 Å². The number of amides is 1. The van der Waals surface area contributed by atoms with Crippen LogP contribution >= 0.6 is 0 Å². The molecule has 0 saturated carbocycles. The Bertz CT molecular complexity index is 1150. The van der Waals surface area contributed by atoms with Crippen molar-refractivity contribution in [2.45, 2.75) is 13.0 Å². The van der Waals surface area contributed by atoms with Gasteiger partial charge in [0, 0.05) is 42.7 Å². The fourth-order valence-electron chi connectivity index (χ4n) is 3.50. The summed E-state index contributed by atoms with van der Waals surface area (Å²) in [7, 11) is 0. The number of carbonyl (C=O) groups is 1. The third-order valence-corrected chi connectivity index (χ3v) is 4.81. The first-order chi connectivity index (χ1) is 13.2. The summed E-state index contributed by atoms with van der Waals surface area (Å²) in [6, 6.07) is 6.69. The van der Waals surface area contributed by atoms with Gasteiger partial charge in [0.1, 0.15) is 11.5 Å². The number of carbonyl (C=O) groups excluding carboxylic acids is 1. The third-order valence-electron chi connectivity index (χ3n) is 4.81. The molecule has 5 rings (SSSR count). The standard InChI is InChI=1S/C20H15FN4O2/c21-14-1-2-18-23-15(10-25(18)9-14)4-7-24-11-17-19(20(24)26)16(3-6-22-17)13-5-8-27-12-13/h1-3,5-6,8-10,12H,4,7,11H2. The highest BCUT2D eigenvalue weighted by Gasteiger charge is 2.31. The highest BCUT2D eigenvalue weighted by atomic mass is 19.1. The van der Waals surface area contributed by atoms with E-state index in [1.54, 1.807) is 40.3 Å². The molecule has 1 aliphatic rings. The average molecular weight is 362 g/mol. The second-order valence-electron chi connectivity index (χ2n) is 6.51. The second kappa shape index (κ2) is 6.05. The molecular formula is C20H15FN4O2. The van der Waals surface area contributed by atoms with Crippen molar-refractivity contribution in [1.82, 2.24) is 19.3 Å². The van der Waals surface area contributed by atoms with Crippen LogP contribution in [0.5, 0.6) is 0 Å². The Morgan fingerprint density at radius 2 is 2.11 bits per heavy atom. The molecule has 0 N–H and O–H groups in total. The van der Waals surface area contributed by atoms with Gasteiger partial charge in [0.25, 0.3) is 5.91 Å². The average Bonchev–Trinajstić information content (AvgIpc) is 3.38. The first-order valence-electron chi connectivity index (χ1n) is 8.62. The first-order valence-corrected chi connectivity index (χ1v) is 8.62. The lowest BCUT2D eigenvalue weighted by molar-refractivity contribution is 0.0780. The number of rotatable bonds is 4. The van der Waals surface area contributed by atoms with Crippen LogP contribution in [0.1, 0.15) is 21.7 Å². The largest absolute Gasteiger partial charge is 0.472 e. The van der Waals surface area contributed by atoms with Crippen molar-refractivity contribution in [2.75, 3.05) is 6.54 Å². The number of hydrogen-bond donors (Lipinski definition) is 0. The van der Waals surface area contributed by atoms with E-state index in [1.165, 1.54) is 12.3 Å². The van der Waals surface area contributed by atoms with E-state index >= 15 is 0 Å². The molecule has 134 valence electrons. The molecular weight excluding hydrogens is 347 g/mol. The number of hydrogen-bond acceptors (Lipinski definition) is 4.